The van der Waals surface area contributed by atoms with Crippen molar-refractivity contribution in [1.82, 2.24) is 5.32 Å². The van der Waals surface area contributed by atoms with Crippen molar-refractivity contribution in [1.29, 1.82) is 0 Å². The van der Waals surface area contributed by atoms with Crippen molar-refractivity contribution in [2.24, 2.45) is 5.92 Å². The van der Waals surface area contributed by atoms with Gasteiger partial charge in [-0.25, -0.2) is 13.6 Å². The van der Waals surface area contributed by atoms with Crippen molar-refractivity contribution in [2.45, 2.75) is 37.1 Å². The van der Waals surface area contributed by atoms with Gasteiger partial charge < -0.3 is 15.2 Å². The number of halogens is 2. The first-order valence-electron chi connectivity index (χ1n) is 9.55. The fourth-order valence-electron chi connectivity index (χ4n) is 4.31. The van der Waals surface area contributed by atoms with Gasteiger partial charge in [0.15, 0.2) is 0 Å². The molecule has 5 nitrogen and oxygen atoms in total. The highest BCUT2D eigenvalue weighted by Crippen LogP contribution is 2.45. The number of aliphatic carboxylic acids is 1. The zero-order valence-corrected chi connectivity index (χ0v) is 15.6. The molecule has 4 rings (SSSR count). The number of hydrogen-bond donors (Lipinski definition) is 2. The number of carboxylic acids is 1. The molecule has 152 valence electrons. The van der Waals surface area contributed by atoms with Gasteiger partial charge in [0.2, 0.25) is 5.92 Å². The molecule has 0 radical (unpaired) electrons. The first-order chi connectivity index (χ1) is 13.8. The molecule has 0 heterocycles. The quantitative estimate of drug-likeness (QED) is 0.752. The summed E-state index contributed by atoms with van der Waals surface area (Å²) in [4.78, 5) is 23.4. The Morgan fingerprint density at radius 1 is 1.07 bits per heavy atom. The van der Waals surface area contributed by atoms with Gasteiger partial charge in [0.1, 0.15) is 6.61 Å². The highest BCUT2D eigenvalue weighted by molar-refractivity contribution is 5.79. The van der Waals surface area contributed by atoms with Gasteiger partial charge in [-0.3, -0.25) is 4.79 Å². The van der Waals surface area contributed by atoms with Crippen LogP contribution in [0, 0.1) is 5.92 Å². The topological polar surface area (TPSA) is 75.6 Å². The second-order valence-electron chi connectivity index (χ2n) is 7.70. The molecule has 2 aliphatic rings. The van der Waals surface area contributed by atoms with E-state index in [4.69, 9.17) is 9.84 Å². The number of carbonyl (C=O) groups excluding carboxylic acids is 1. The van der Waals surface area contributed by atoms with Crippen molar-refractivity contribution >= 4 is 12.1 Å². The van der Waals surface area contributed by atoms with Crippen molar-refractivity contribution in [3.63, 3.8) is 0 Å². The highest BCUT2D eigenvalue weighted by atomic mass is 19.3. The maximum absolute atomic E-state index is 13.2. The fraction of sp³-hybridized carbons (Fsp3) is 0.364. The standard InChI is InChI=1S/C22H21F2NO4/c23-22(24)10-13(11-22)19(9-20(26)27)25-21(28)29-12-18-16-7-3-1-5-14(16)15-6-2-4-8-17(15)18/h1-8,13,18-19H,9-12H2,(H,25,28)(H,26,27). The summed E-state index contributed by atoms with van der Waals surface area (Å²) in [7, 11) is 0. The van der Waals surface area contributed by atoms with E-state index < -0.39 is 49.2 Å². The average Bonchev–Trinajstić information content (AvgIpc) is 2.97. The Hall–Kier alpha value is -2.96. The monoisotopic (exact) mass is 401 g/mol. The van der Waals surface area contributed by atoms with Crippen LogP contribution in [0.1, 0.15) is 36.3 Å². The van der Waals surface area contributed by atoms with Gasteiger partial charge in [0.05, 0.1) is 6.42 Å². The minimum absolute atomic E-state index is 0.0838. The normalized spacial score (nSPS) is 18.3. The number of amides is 1. The smallest absolute Gasteiger partial charge is 0.407 e. The number of rotatable bonds is 6. The van der Waals surface area contributed by atoms with Crippen molar-refractivity contribution in [3.05, 3.63) is 59.7 Å². The number of hydrogen-bond acceptors (Lipinski definition) is 3. The van der Waals surface area contributed by atoms with Gasteiger partial charge in [-0.05, 0) is 28.2 Å². The summed E-state index contributed by atoms with van der Waals surface area (Å²) in [5.41, 5.74) is 4.31. The molecule has 0 spiro atoms. The molecule has 7 heteroatoms. The number of nitrogens with one attached hydrogen (secondary N) is 1. The van der Waals surface area contributed by atoms with Crippen LogP contribution in [0.2, 0.25) is 0 Å². The van der Waals surface area contributed by atoms with Gasteiger partial charge in [-0.15, -0.1) is 0 Å². The van der Waals surface area contributed by atoms with E-state index in [1.165, 1.54) is 0 Å². The third-order valence-electron chi connectivity index (χ3n) is 5.73. The largest absolute Gasteiger partial charge is 0.481 e. The van der Waals surface area contributed by atoms with Crippen molar-refractivity contribution < 1.29 is 28.2 Å². The molecule has 2 aromatic rings. The van der Waals surface area contributed by atoms with Crippen LogP contribution < -0.4 is 5.32 Å². The van der Waals surface area contributed by atoms with Gasteiger partial charge in [-0.1, -0.05) is 48.5 Å². The van der Waals surface area contributed by atoms with Crippen LogP contribution in [0.4, 0.5) is 13.6 Å². The molecule has 0 aromatic heterocycles. The molecule has 1 saturated carbocycles. The van der Waals surface area contributed by atoms with E-state index in [0.717, 1.165) is 22.3 Å². The van der Waals surface area contributed by atoms with E-state index in [0.29, 0.717) is 0 Å². The summed E-state index contributed by atoms with van der Waals surface area (Å²) >= 11 is 0. The fourth-order valence-corrected chi connectivity index (χ4v) is 4.31. The Morgan fingerprint density at radius 2 is 1.62 bits per heavy atom. The maximum Gasteiger partial charge on any atom is 0.407 e. The van der Waals surface area contributed by atoms with Crippen LogP contribution in [0.25, 0.3) is 11.1 Å². The van der Waals surface area contributed by atoms with Crippen molar-refractivity contribution in [3.8, 4) is 11.1 Å². The molecular formula is C22H21F2NO4. The van der Waals surface area contributed by atoms with E-state index in [1.807, 2.05) is 48.5 Å². The molecular weight excluding hydrogens is 380 g/mol. The second kappa shape index (κ2) is 7.46. The molecule has 1 unspecified atom stereocenters. The predicted molar refractivity (Wildman–Crippen MR) is 102 cm³/mol. The van der Waals surface area contributed by atoms with Crippen LogP contribution in [0.5, 0.6) is 0 Å². The van der Waals surface area contributed by atoms with Crippen LogP contribution >= 0.6 is 0 Å². The molecule has 0 saturated heterocycles. The van der Waals surface area contributed by atoms with E-state index in [-0.39, 0.29) is 12.5 Å². The highest BCUT2D eigenvalue weighted by Gasteiger charge is 2.49. The average molecular weight is 401 g/mol. The minimum atomic E-state index is -2.79. The summed E-state index contributed by atoms with van der Waals surface area (Å²) in [6, 6.07) is 14.9. The first kappa shape index (κ1) is 19.4. The van der Waals surface area contributed by atoms with E-state index in [2.05, 4.69) is 5.32 Å². The van der Waals surface area contributed by atoms with E-state index in [9.17, 15) is 18.4 Å². The third-order valence-corrected chi connectivity index (χ3v) is 5.73. The summed E-state index contributed by atoms with van der Waals surface area (Å²) in [5.74, 6) is -4.63. The van der Waals surface area contributed by atoms with Crippen LogP contribution in [-0.2, 0) is 9.53 Å². The lowest BCUT2D eigenvalue weighted by Crippen LogP contribution is -2.50. The molecule has 2 aromatic carbocycles. The van der Waals surface area contributed by atoms with Crippen LogP contribution in [0.15, 0.2) is 48.5 Å². The number of carbonyl (C=O) groups is 2. The molecule has 2 aliphatic carbocycles. The van der Waals surface area contributed by atoms with E-state index in [1.54, 1.807) is 0 Å². The van der Waals surface area contributed by atoms with Gasteiger partial charge in [0.25, 0.3) is 0 Å². The zero-order chi connectivity index (χ0) is 20.6. The lowest BCUT2D eigenvalue weighted by Gasteiger charge is -2.39. The molecule has 2 N–H and O–H groups in total. The van der Waals surface area contributed by atoms with Crippen LogP contribution in [0.3, 0.4) is 0 Å². The molecule has 0 bridgehead atoms. The van der Waals surface area contributed by atoms with E-state index >= 15 is 0 Å². The summed E-state index contributed by atoms with van der Waals surface area (Å²) in [6.07, 6.45) is -2.04. The predicted octanol–water partition coefficient (Wildman–Crippen LogP) is 4.41. The third kappa shape index (κ3) is 3.95. The Labute approximate surface area is 166 Å². The number of ether oxygens (including phenoxy) is 1. The Kier molecular flexibility index (Phi) is 4.98. The zero-order valence-electron chi connectivity index (χ0n) is 15.6. The summed E-state index contributed by atoms with van der Waals surface area (Å²) in [6.45, 7) is 0.0838. The first-order valence-corrected chi connectivity index (χ1v) is 9.55. The summed E-state index contributed by atoms with van der Waals surface area (Å²) in [5, 5.41) is 11.5. The SMILES string of the molecule is O=C(O)CC(NC(=O)OCC1c2ccccc2-c2ccccc21)C1CC(F)(F)C1. The number of alkyl halides is 2. The molecule has 1 fully saturated rings. The number of alkyl carbamates (subject to hydrolysis) is 1. The van der Waals surface area contributed by atoms with Crippen molar-refractivity contribution in [2.75, 3.05) is 6.61 Å². The Bertz CT molecular complexity index is 892. The van der Waals surface area contributed by atoms with Gasteiger partial charge in [0, 0.05) is 24.8 Å². The minimum Gasteiger partial charge on any atom is -0.481 e. The molecule has 29 heavy (non-hydrogen) atoms. The lowest BCUT2D eigenvalue weighted by atomic mass is 9.75. The van der Waals surface area contributed by atoms with Gasteiger partial charge in [-0.2, -0.15) is 0 Å². The Morgan fingerprint density at radius 3 is 2.14 bits per heavy atom. The number of carboxylic acid groups (broad SMARTS) is 1. The van der Waals surface area contributed by atoms with Crippen LogP contribution in [-0.4, -0.2) is 35.7 Å². The molecule has 1 atom stereocenters. The Balaban J connectivity index is 1.42. The summed E-state index contributed by atoms with van der Waals surface area (Å²) < 4.78 is 31.7. The molecule has 0 aliphatic heterocycles. The second-order valence-corrected chi connectivity index (χ2v) is 7.70. The molecule has 1 amide bonds. The maximum atomic E-state index is 13.2. The lowest BCUT2D eigenvalue weighted by molar-refractivity contribution is -0.143. The number of fused-ring (bicyclic) bond motifs is 3. The van der Waals surface area contributed by atoms with Gasteiger partial charge >= 0.3 is 12.1 Å². The number of benzene rings is 2.